The summed E-state index contributed by atoms with van der Waals surface area (Å²) in [6.07, 6.45) is 3.45. The summed E-state index contributed by atoms with van der Waals surface area (Å²) in [6, 6.07) is 13.0. The normalized spacial score (nSPS) is 15.7. The van der Waals surface area contributed by atoms with Crippen molar-refractivity contribution in [2.75, 3.05) is 30.0 Å². The predicted molar refractivity (Wildman–Crippen MR) is 127 cm³/mol. The van der Waals surface area contributed by atoms with Gasteiger partial charge in [-0.15, -0.1) is 11.3 Å². The molecular weight excluding hydrogens is 440 g/mol. The van der Waals surface area contributed by atoms with E-state index in [9.17, 15) is 9.59 Å². The maximum Gasteiger partial charge on any atom is 0.311 e. The topological polar surface area (TPSA) is 84.9 Å². The number of thiazole rings is 1. The minimum atomic E-state index is -0.238. The molecule has 1 atom stereocenters. The number of hydrogen-bond acceptors (Lipinski definition) is 8. The molecule has 33 heavy (non-hydrogen) atoms. The van der Waals surface area contributed by atoms with Crippen LogP contribution < -0.4 is 14.5 Å². The van der Waals surface area contributed by atoms with E-state index in [0.29, 0.717) is 28.8 Å². The Hall–Kier alpha value is -3.46. The first-order valence-electron chi connectivity index (χ1n) is 10.8. The highest BCUT2D eigenvalue weighted by Crippen LogP contribution is 2.35. The highest BCUT2D eigenvalue weighted by atomic mass is 32.1. The zero-order valence-corrected chi connectivity index (χ0v) is 19.5. The van der Waals surface area contributed by atoms with Crippen LogP contribution in [-0.2, 0) is 20.9 Å². The van der Waals surface area contributed by atoms with Crippen molar-refractivity contribution in [1.82, 2.24) is 9.97 Å². The summed E-state index contributed by atoms with van der Waals surface area (Å²) in [6.45, 7) is 3.00. The van der Waals surface area contributed by atoms with E-state index in [-0.39, 0.29) is 24.4 Å². The summed E-state index contributed by atoms with van der Waals surface area (Å²) < 4.78 is 11.0. The summed E-state index contributed by atoms with van der Waals surface area (Å²) in [4.78, 5) is 37.7. The largest absolute Gasteiger partial charge is 0.495 e. The van der Waals surface area contributed by atoms with Gasteiger partial charge in [0.25, 0.3) is 0 Å². The van der Waals surface area contributed by atoms with Gasteiger partial charge in [-0.1, -0.05) is 18.2 Å². The van der Waals surface area contributed by atoms with Gasteiger partial charge in [0.15, 0.2) is 5.13 Å². The fourth-order valence-corrected chi connectivity index (χ4v) is 4.73. The lowest BCUT2D eigenvalue weighted by Crippen LogP contribution is -2.39. The Morgan fingerprint density at radius 2 is 2.03 bits per heavy atom. The molecule has 4 rings (SSSR count). The van der Waals surface area contributed by atoms with Crippen LogP contribution in [0.4, 0.5) is 16.6 Å². The lowest BCUT2D eigenvalue weighted by Gasteiger charge is -2.32. The number of methoxy groups -OCH3 is 1. The van der Waals surface area contributed by atoms with Crippen molar-refractivity contribution in [2.24, 2.45) is 5.92 Å². The van der Waals surface area contributed by atoms with Crippen LogP contribution in [0.1, 0.15) is 25.5 Å². The molecule has 3 aromatic rings. The molecule has 1 amide bonds. The summed E-state index contributed by atoms with van der Waals surface area (Å²) in [5.74, 6) is 0.819. The standard InChI is InChI=1S/C24H26N4O4S/c1-17(29)28(20-9-3-4-10-21(20)31-2)24-26-19(16-33-24)15-32-23(30)18-8-7-13-27(14-18)22-11-5-6-12-25-22/h3-6,9-12,16,18H,7-8,13-15H2,1-2H3. The van der Waals surface area contributed by atoms with Crippen LogP contribution in [0.25, 0.3) is 0 Å². The van der Waals surface area contributed by atoms with Crippen LogP contribution >= 0.6 is 11.3 Å². The van der Waals surface area contributed by atoms with Gasteiger partial charge in [-0.2, -0.15) is 0 Å². The molecule has 0 radical (unpaired) electrons. The molecule has 8 nitrogen and oxygen atoms in total. The first kappa shape index (κ1) is 22.7. The van der Waals surface area contributed by atoms with Gasteiger partial charge in [-0.3, -0.25) is 14.5 Å². The van der Waals surface area contributed by atoms with Crippen LogP contribution in [0.5, 0.6) is 5.75 Å². The smallest absolute Gasteiger partial charge is 0.311 e. The molecule has 0 aliphatic carbocycles. The average Bonchev–Trinajstić information content (AvgIpc) is 3.31. The molecular formula is C24H26N4O4S. The number of carbonyl (C=O) groups excluding carboxylic acids is 2. The molecule has 1 fully saturated rings. The van der Waals surface area contributed by atoms with E-state index in [1.165, 1.54) is 23.2 Å². The molecule has 1 saturated heterocycles. The number of para-hydroxylation sites is 2. The van der Waals surface area contributed by atoms with Gasteiger partial charge in [0.2, 0.25) is 5.91 Å². The number of anilines is 3. The molecule has 1 aliphatic rings. The molecule has 0 N–H and O–H groups in total. The quantitative estimate of drug-likeness (QED) is 0.483. The molecule has 0 bridgehead atoms. The second kappa shape index (κ2) is 10.4. The van der Waals surface area contributed by atoms with Crippen molar-refractivity contribution in [3.63, 3.8) is 0 Å². The van der Waals surface area contributed by atoms with Crippen LogP contribution in [0.3, 0.4) is 0 Å². The molecule has 1 aromatic carbocycles. The number of rotatable bonds is 7. The van der Waals surface area contributed by atoms with Crippen molar-refractivity contribution < 1.29 is 19.1 Å². The Morgan fingerprint density at radius 3 is 2.79 bits per heavy atom. The monoisotopic (exact) mass is 466 g/mol. The van der Waals surface area contributed by atoms with Gasteiger partial charge >= 0.3 is 5.97 Å². The van der Waals surface area contributed by atoms with Crippen molar-refractivity contribution >= 4 is 39.9 Å². The molecule has 2 aromatic heterocycles. The van der Waals surface area contributed by atoms with E-state index >= 15 is 0 Å². The summed E-state index contributed by atoms with van der Waals surface area (Å²) in [5.41, 5.74) is 1.21. The SMILES string of the molecule is COc1ccccc1N(C(C)=O)c1nc(COC(=O)C2CCCN(c3ccccn3)C2)cs1. The third kappa shape index (κ3) is 5.31. The Balaban J connectivity index is 1.40. The second-order valence-electron chi connectivity index (χ2n) is 7.73. The Kier molecular flexibility index (Phi) is 7.19. The van der Waals surface area contributed by atoms with E-state index in [1.807, 2.05) is 30.3 Å². The number of benzene rings is 1. The van der Waals surface area contributed by atoms with Gasteiger partial charge in [0.05, 0.1) is 24.4 Å². The van der Waals surface area contributed by atoms with E-state index in [1.54, 1.807) is 30.8 Å². The Morgan fingerprint density at radius 1 is 1.21 bits per heavy atom. The Labute approximate surface area is 196 Å². The highest BCUT2D eigenvalue weighted by molar-refractivity contribution is 7.14. The molecule has 172 valence electrons. The maximum absolute atomic E-state index is 12.7. The molecule has 1 aliphatic heterocycles. The molecule has 9 heteroatoms. The van der Waals surface area contributed by atoms with Crippen LogP contribution in [0.2, 0.25) is 0 Å². The third-order valence-corrected chi connectivity index (χ3v) is 6.34. The number of nitrogens with zero attached hydrogens (tertiary/aromatic N) is 4. The molecule has 1 unspecified atom stereocenters. The van der Waals surface area contributed by atoms with E-state index in [0.717, 1.165) is 25.2 Å². The van der Waals surface area contributed by atoms with E-state index in [4.69, 9.17) is 9.47 Å². The van der Waals surface area contributed by atoms with Gasteiger partial charge in [-0.05, 0) is 37.1 Å². The lowest BCUT2D eigenvalue weighted by molar-refractivity contribution is -0.150. The summed E-state index contributed by atoms with van der Waals surface area (Å²) in [5, 5.41) is 2.30. The lowest BCUT2D eigenvalue weighted by atomic mass is 9.98. The average molecular weight is 467 g/mol. The zero-order valence-electron chi connectivity index (χ0n) is 18.6. The summed E-state index contributed by atoms with van der Waals surface area (Å²) >= 11 is 1.32. The maximum atomic E-state index is 12.7. The third-order valence-electron chi connectivity index (χ3n) is 5.46. The van der Waals surface area contributed by atoms with Gasteiger partial charge in [0, 0.05) is 31.6 Å². The number of esters is 1. The fraction of sp³-hybridized carbons (Fsp3) is 0.333. The number of piperidine rings is 1. The van der Waals surface area contributed by atoms with Crippen molar-refractivity contribution in [1.29, 1.82) is 0 Å². The highest BCUT2D eigenvalue weighted by Gasteiger charge is 2.28. The van der Waals surface area contributed by atoms with Gasteiger partial charge in [0.1, 0.15) is 18.2 Å². The first-order valence-corrected chi connectivity index (χ1v) is 11.7. The van der Waals surface area contributed by atoms with Crippen LogP contribution in [-0.4, -0.2) is 42.0 Å². The molecule has 0 spiro atoms. The molecule has 3 heterocycles. The van der Waals surface area contributed by atoms with Crippen molar-refractivity contribution in [3.05, 3.63) is 59.7 Å². The number of ether oxygens (including phenoxy) is 2. The summed E-state index contributed by atoms with van der Waals surface area (Å²) in [7, 11) is 1.56. The number of hydrogen-bond donors (Lipinski definition) is 0. The van der Waals surface area contributed by atoms with Crippen LogP contribution in [0, 0.1) is 5.92 Å². The second-order valence-corrected chi connectivity index (χ2v) is 8.57. The van der Waals surface area contributed by atoms with Crippen LogP contribution in [0.15, 0.2) is 54.0 Å². The minimum Gasteiger partial charge on any atom is -0.495 e. The van der Waals surface area contributed by atoms with Gasteiger partial charge < -0.3 is 14.4 Å². The minimum absolute atomic E-state index is 0.0626. The van der Waals surface area contributed by atoms with Crippen molar-refractivity contribution in [2.45, 2.75) is 26.4 Å². The number of amides is 1. The first-order chi connectivity index (χ1) is 16.1. The molecule has 0 saturated carbocycles. The number of pyridine rings is 1. The number of aromatic nitrogens is 2. The van der Waals surface area contributed by atoms with E-state index < -0.39 is 0 Å². The van der Waals surface area contributed by atoms with Gasteiger partial charge in [-0.25, -0.2) is 9.97 Å². The van der Waals surface area contributed by atoms with Crippen molar-refractivity contribution in [3.8, 4) is 5.75 Å². The fourth-order valence-electron chi connectivity index (χ4n) is 3.87. The number of carbonyl (C=O) groups is 2. The zero-order chi connectivity index (χ0) is 23.2. The Bertz CT molecular complexity index is 1100. The van der Waals surface area contributed by atoms with E-state index in [2.05, 4.69) is 14.9 Å². The predicted octanol–water partition coefficient (Wildman–Crippen LogP) is 4.19.